The maximum Gasteiger partial charge on any atom is 0.171 e. The quantitative estimate of drug-likeness (QED) is 0.682. The predicted octanol–water partition coefficient (Wildman–Crippen LogP) is 5.01. The molecule has 0 spiro atoms. The summed E-state index contributed by atoms with van der Waals surface area (Å²) in [7, 11) is 3.21. The number of carbonyl (C=O) groups is 1. The first-order valence-electron chi connectivity index (χ1n) is 9.65. The van der Waals surface area contributed by atoms with Crippen LogP contribution in [0.2, 0.25) is 0 Å². The number of halogens is 3. The smallest absolute Gasteiger partial charge is 0.171 e. The third-order valence-corrected chi connectivity index (χ3v) is 4.57. The number of rotatable bonds is 5. The summed E-state index contributed by atoms with van der Waals surface area (Å²) in [5.41, 5.74) is 1.45. The molecule has 5 nitrogen and oxygen atoms in total. The molecule has 1 heterocycles. The van der Waals surface area contributed by atoms with Gasteiger partial charge in [-0.05, 0) is 51.4 Å². The molecule has 0 bridgehead atoms. The van der Waals surface area contributed by atoms with E-state index in [0.717, 1.165) is 43.8 Å². The van der Waals surface area contributed by atoms with E-state index in [1.807, 2.05) is 31.0 Å². The number of ether oxygens (including phenoxy) is 1. The van der Waals surface area contributed by atoms with Crippen molar-refractivity contribution in [3.8, 4) is 11.5 Å². The molecule has 30 heavy (non-hydrogen) atoms. The maximum atomic E-state index is 13.6. The van der Waals surface area contributed by atoms with Gasteiger partial charge in [-0.1, -0.05) is 12.1 Å². The molecular weight excluding hydrogens is 397 g/mol. The Balaban J connectivity index is 0.000000271. The van der Waals surface area contributed by atoms with Gasteiger partial charge in [-0.2, -0.15) is 0 Å². The van der Waals surface area contributed by atoms with Crippen molar-refractivity contribution in [2.45, 2.75) is 32.7 Å². The molecule has 0 amide bonds. The highest BCUT2D eigenvalue weighted by molar-refractivity contribution is 5.52. The summed E-state index contributed by atoms with van der Waals surface area (Å²) in [5, 5.41) is 3.08. The molecule has 0 radical (unpaired) electrons. The van der Waals surface area contributed by atoms with Gasteiger partial charge in [0.05, 0.1) is 12.8 Å². The third kappa shape index (κ3) is 7.59. The fourth-order valence-corrected chi connectivity index (χ4v) is 2.85. The van der Waals surface area contributed by atoms with E-state index < -0.39 is 11.6 Å². The van der Waals surface area contributed by atoms with Crippen molar-refractivity contribution in [3.63, 3.8) is 0 Å². The second-order valence-electron chi connectivity index (χ2n) is 6.52. The number of benzene rings is 2. The fraction of sp³-hybridized carbons (Fsp3) is 0.409. The van der Waals surface area contributed by atoms with Crippen LogP contribution in [0.1, 0.15) is 38.3 Å². The molecule has 0 aliphatic carbocycles. The highest BCUT2D eigenvalue weighted by atomic mass is 19.3. The Morgan fingerprint density at radius 2 is 1.67 bits per heavy atom. The number of hydrogen-bond acceptors (Lipinski definition) is 5. The summed E-state index contributed by atoms with van der Waals surface area (Å²) in [5.74, 6) is -0.742. The van der Waals surface area contributed by atoms with Gasteiger partial charge in [0.1, 0.15) is 12.1 Å². The van der Waals surface area contributed by atoms with E-state index in [1.165, 1.54) is 20.1 Å². The van der Waals surface area contributed by atoms with E-state index in [4.69, 9.17) is 9.53 Å². The number of carbonyl (C=O) groups excluding carboxylic acids is 1. The first kappa shape index (κ1) is 25.3. The van der Waals surface area contributed by atoms with Crippen LogP contribution in [0.15, 0.2) is 36.4 Å². The maximum absolute atomic E-state index is 13.6. The standard InChI is InChI=1S/C11H13F2NO.C9H12FNO.C2H4O/c1-15-11-7-8(12)10(6-9(11)13)14-4-2-3-5-14;1-7(11-2)8-3-5-9(12-10)6-4-8;1-2-3/h6-7H,2-5H2,1H3;3-7,11H,1-2H3;2H,1H3. The highest BCUT2D eigenvalue weighted by Gasteiger charge is 2.18. The van der Waals surface area contributed by atoms with E-state index in [9.17, 15) is 13.3 Å². The zero-order chi connectivity index (χ0) is 22.5. The molecule has 166 valence electrons. The molecule has 1 aliphatic heterocycles. The minimum Gasteiger partial charge on any atom is -0.494 e. The Morgan fingerprint density at radius 1 is 1.10 bits per heavy atom. The Bertz CT molecular complexity index is 767. The lowest BCUT2D eigenvalue weighted by Gasteiger charge is -2.18. The molecule has 1 fully saturated rings. The highest BCUT2D eigenvalue weighted by Crippen LogP contribution is 2.29. The van der Waals surface area contributed by atoms with Crippen LogP contribution in [0.4, 0.5) is 19.0 Å². The molecule has 8 heteroatoms. The summed E-state index contributed by atoms with van der Waals surface area (Å²) >= 11 is 0. The van der Waals surface area contributed by atoms with Gasteiger partial charge in [0.2, 0.25) is 0 Å². The molecule has 2 aromatic carbocycles. The number of anilines is 1. The predicted molar refractivity (Wildman–Crippen MR) is 112 cm³/mol. The number of aldehydes is 1. The first-order valence-corrected chi connectivity index (χ1v) is 9.65. The van der Waals surface area contributed by atoms with Gasteiger partial charge in [-0.3, -0.25) is 4.94 Å². The Labute approximate surface area is 175 Å². The monoisotopic (exact) mass is 426 g/mol. The van der Waals surface area contributed by atoms with Crippen LogP contribution in [-0.2, 0) is 4.79 Å². The lowest BCUT2D eigenvalue weighted by Crippen LogP contribution is -2.19. The van der Waals surface area contributed by atoms with Gasteiger partial charge >= 0.3 is 0 Å². The molecular formula is C22H29F3N2O3. The second-order valence-corrected chi connectivity index (χ2v) is 6.52. The summed E-state index contributed by atoms with van der Waals surface area (Å²) < 4.78 is 43.3. The van der Waals surface area contributed by atoms with Crippen LogP contribution in [0, 0.1) is 11.6 Å². The van der Waals surface area contributed by atoms with E-state index in [1.54, 1.807) is 12.1 Å². The van der Waals surface area contributed by atoms with Crippen molar-refractivity contribution >= 4 is 12.0 Å². The van der Waals surface area contributed by atoms with Crippen molar-refractivity contribution in [1.29, 1.82) is 0 Å². The van der Waals surface area contributed by atoms with Gasteiger partial charge in [-0.15, -0.1) is 0 Å². The Morgan fingerprint density at radius 3 is 2.13 bits per heavy atom. The molecule has 1 N–H and O–H groups in total. The molecule has 3 rings (SSSR count). The molecule has 0 saturated carbocycles. The van der Waals surface area contributed by atoms with Crippen molar-refractivity contribution in [2.24, 2.45) is 0 Å². The van der Waals surface area contributed by atoms with Gasteiger partial charge < -0.3 is 19.7 Å². The van der Waals surface area contributed by atoms with Crippen LogP contribution < -0.4 is 19.9 Å². The molecule has 2 aromatic rings. The summed E-state index contributed by atoms with van der Waals surface area (Å²) in [6, 6.07) is 9.44. The van der Waals surface area contributed by atoms with Crippen molar-refractivity contribution < 1.29 is 27.8 Å². The van der Waals surface area contributed by atoms with E-state index >= 15 is 0 Å². The molecule has 1 atom stereocenters. The van der Waals surface area contributed by atoms with Crippen LogP contribution in [0.5, 0.6) is 11.5 Å². The molecule has 1 saturated heterocycles. The van der Waals surface area contributed by atoms with Crippen molar-refractivity contribution in [1.82, 2.24) is 5.32 Å². The van der Waals surface area contributed by atoms with Crippen molar-refractivity contribution in [3.05, 3.63) is 53.6 Å². The minimum absolute atomic E-state index is 0.0459. The van der Waals surface area contributed by atoms with E-state index in [2.05, 4.69) is 10.3 Å². The summed E-state index contributed by atoms with van der Waals surface area (Å²) in [6.07, 6.45) is 2.82. The lowest BCUT2D eigenvalue weighted by molar-refractivity contribution is -0.106. The number of nitrogens with one attached hydrogen (secondary N) is 1. The van der Waals surface area contributed by atoms with Crippen LogP contribution in [0.25, 0.3) is 0 Å². The minimum atomic E-state index is -0.513. The zero-order valence-electron chi connectivity index (χ0n) is 17.8. The van der Waals surface area contributed by atoms with Gasteiger partial charge in [-0.25, -0.2) is 8.78 Å². The number of nitrogens with zero attached hydrogens (tertiary/aromatic N) is 1. The van der Waals surface area contributed by atoms with Gasteiger partial charge in [0.15, 0.2) is 17.3 Å². The van der Waals surface area contributed by atoms with Gasteiger partial charge in [0, 0.05) is 35.8 Å². The summed E-state index contributed by atoms with van der Waals surface area (Å²) in [6.45, 7) is 5.07. The molecule has 0 aromatic heterocycles. The normalized spacial score (nSPS) is 13.4. The number of methoxy groups -OCH3 is 1. The topological polar surface area (TPSA) is 50.8 Å². The van der Waals surface area contributed by atoms with Gasteiger partial charge in [0.25, 0.3) is 0 Å². The molecule has 1 unspecified atom stereocenters. The third-order valence-electron chi connectivity index (χ3n) is 4.57. The lowest BCUT2D eigenvalue weighted by atomic mass is 10.1. The fourth-order valence-electron chi connectivity index (χ4n) is 2.85. The SMILES string of the molecule is CC=O.CNC(C)c1ccc(OF)cc1.COc1cc(F)c(N2CCCC2)cc1F. The van der Waals surface area contributed by atoms with Crippen molar-refractivity contribution in [2.75, 3.05) is 32.1 Å². The van der Waals surface area contributed by atoms with E-state index in [0.29, 0.717) is 5.69 Å². The second kappa shape index (κ2) is 13.5. The molecule has 1 aliphatic rings. The average molecular weight is 426 g/mol. The van der Waals surface area contributed by atoms with Crippen LogP contribution >= 0.6 is 0 Å². The largest absolute Gasteiger partial charge is 0.494 e. The van der Waals surface area contributed by atoms with Crippen LogP contribution in [0.3, 0.4) is 0 Å². The first-order chi connectivity index (χ1) is 14.4. The average Bonchev–Trinajstić information content (AvgIpc) is 3.30. The number of hydrogen-bond donors (Lipinski definition) is 1. The Hall–Kier alpha value is -2.74. The van der Waals surface area contributed by atoms with Crippen LogP contribution in [-0.4, -0.2) is 33.5 Å². The zero-order valence-corrected chi connectivity index (χ0v) is 17.8. The summed E-state index contributed by atoms with van der Waals surface area (Å²) in [4.78, 5) is 14.2. The van der Waals surface area contributed by atoms with E-state index in [-0.39, 0.29) is 17.5 Å². The Kier molecular flexibility index (Phi) is 11.4.